The first-order valence-electron chi connectivity index (χ1n) is 7.85. The quantitative estimate of drug-likeness (QED) is 0.803. The zero-order chi connectivity index (χ0) is 16.1. The lowest BCUT2D eigenvalue weighted by Gasteiger charge is -2.21. The van der Waals surface area contributed by atoms with E-state index in [0.29, 0.717) is 29.5 Å². The molecule has 1 aromatic rings. The van der Waals surface area contributed by atoms with Crippen LogP contribution in [-0.4, -0.2) is 42.5 Å². The van der Waals surface area contributed by atoms with Crippen molar-refractivity contribution in [3.8, 4) is 0 Å². The van der Waals surface area contributed by atoms with Crippen molar-refractivity contribution in [2.75, 3.05) is 20.7 Å². The summed E-state index contributed by atoms with van der Waals surface area (Å²) in [5.41, 5.74) is 1.30. The standard InChI is InChI=1S/C17H24N2O3/c1-12-14(9-10-15(18-12)16(20)19(2)3)17(21)22-11-13-7-5-4-6-8-13/h9-10,13H,4-8,11H2,1-3H3. The molecule has 0 bridgehead atoms. The van der Waals surface area contributed by atoms with Crippen molar-refractivity contribution in [3.05, 3.63) is 29.1 Å². The lowest BCUT2D eigenvalue weighted by Crippen LogP contribution is -2.23. The summed E-state index contributed by atoms with van der Waals surface area (Å²) in [4.78, 5) is 29.7. The second kappa shape index (κ2) is 7.38. The number of hydrogen-bond donors (Lipinski definition) is 0. The van der Waals surface area contributed by atoms with E-state index in [0.717, 1.165) is 12.8 Å². The zero-order valence-corrected chi connectivity index (χ0v) is 13.6. The highest BCUT2D eigenvalue weighted by molar-refractivity contribution is 5.94. The summed E-state index contributed by atoms with van der Waals surface area (Å²) in [6, 6.07) is 3.20. The second-order valence-electron chi connectivity index (χ2n) is 6.13. The van der Waals surface area contributed by atoms with Crippen molar-refractivity contribution in [3.63, 3.8) is 0 Å². The number of aryl methyl sites for hydroxylation is 1. The highest BCUT2D eigenvalue weighted by atomic mass is 16.5. The average Bonchev–Trinajstić information content (AvgIpc) is 2.52. The number of esters is 1. The van der Waals surface area contributed by atoms with E-state index in [1.165, 1.54) is 24.2 Å². The molecule has 0 N–H and O–H groups in total. The minimum atomic E-state index is -0.348. The predicted octanol–water partition coefficient (Wildman–Crippen LogP) is 2.83. The summed E-state index contributed by atoms with van der Waals surface area (Å²) in [7, 11) is 3.34. The number of aromatic nitrogens is 1. The van der Waals surface area contributed by atoms with Gasteiger partial charge in [-0.05, 0) is 37.8 Å². The van der Waals surface area contributed by atoms with Crippen molar-refractivity contribution >= 4 is 11.9 Å². The second-order valence-corrected chi connectivity index (χ2v) is 6.13. The molecule has 0 aliphatic heterocycles. The number of amides is 1. The van der Waals surface area contributed by atoms with E-state index in [1.807, 2.05) is 0 Å². The lowest BCUT2D eigenvalue weighted by atomic mass is 9.90. The molecule has 1 aromatic heterocycles. The topological polar surface area (TPSA) is 59.5 Å². The molecule has 1 aliphatic carbocycles. The fourth-order valence-electron chi connectivity index (χ4n) is 2.75. The molecule has 2 rings (SSSR count). The Kier molecular flexibility index (Phi) is 5.52. The maximum atomic E-state index is 12.2. The van der Waals surface area contributed by atoms with Crippen LogP contribution in [0.25, 0.3) is 0 Å². The van der Waals surface area contributed by atoms with Crippen molar-refractivity contribution in [2.45, 2.75) is 39.0 Å². The summed E-state index contributed by atoms with van der Waals surface area (Å²) in [6.45, 7) is 2.21. The molecule has 5 heteroatoms. The van der Waals surface area contributed by atoms with Crippen LogP contribution in [0.3, 0.4) is 0 Å². The third-order valence-corrected chi connectivity index (χ3v) is 4.11. The Balaban J connectivity index is 1.99. The smallest absolute Gasteiger partial charge is 0.339 e. The molecule has 0 radical (unpaired) electrons. The van der Waals surface area contributed by atoms with Gasteiger partial charge in [-0.25, -0.2) is 9.78 Å². The van der Waals surface area contributed by atoms with Gasteiger partial charge in [0.2, 0.25) is 0 Å². The van der Waals surface area contributed by atoms with E-state index >= 15 is 0 Å². The highest BCUT2D eigenvalue weighted by Gasteiger charge is 2.19. The molecule has 1 aliphatic rings. The van der Waals surface area contributed by atoms with Gasteiger partial charge in [0, 0.05) is 14.1 Å². The lowest BCUT2D eigenvalue weighted by molar-refractivity contribution is 0.0408. The SMILES string of the molecule is Cc1nc(C(=O)N(C)C)ccc1C(=O)OCC1CCCCC1. The molecule has 1 heterocycles. The van der Waals surface area contributed by atoms with Crippen LogP contribution in [0.15, 0.2) is 12.1 Å². The molecule has 5 nitrogen and oxygen atoms in total. The Labute approximate surface area is 131 Å². The van der Waals surface area contributed by atoms with Crippen LogP contribution < -0.4 is 0 Å². The van der Waals surface area contributed by atoms with Crippen molar-refractivity contribution < 1.29 is 14.3 Å². The van der Waals surface area contributed by atoms with Gasteiger partial charge in [-0.1, -0.05) is 19.3 Å². The monoisotopic (exact) mass is 304 g/mol. The maximum absolute atomic E-state index is 12.2. The summed E-state index contributed by atoms with van der Waals surface area (Å²) >= 11 is 0. The Morgan fingerprint density at radius 2 is 1.91 bits per heavy atom. The minimum absolute atomic E-state index is 0.176. The van der Waals surface area contributed by atoms with Gasteiger partial charge in [-0.2, -0.15) is 0 Å². The summed E-state index contributed by atoms with van der Waals surface area (Å²) in [5.74, 6) is -0.0368. The van der Waals surface area contributed by atoms with Crippen molar-refractivity contribution in [1.82, 2.24) is 9.88 Å². The first-order chi connectivity index (χ1) is 10.5. The third-order valence-electron chi connectivity index (χ3n) is 4.11. The molecule has 0 unspecified atom stereocenters. The van der Waals surface area contributed by atoms with Gasteiger partial charge in [-0.3, -0.25) is 4.79 Å². The van der Waals surface area contributed by atoms with Crippen LogP contribution in [-0.2, 0) is 4.74 Å². The van der Waals surface area contributed by atoms with Gasteiger partial charge < -0.3 is 9.64 Å². The van der Waals surface area contributed by atoms with E-state index in [2.05, 4.69) is 4.98 Å². The predicted molar refractivity (Wildman–Crippen MR) is 83.8 cm³/mol. The molecule has 0 spiro atoms. The van der Waals surface area contributed by atoms with Crippen molar-refractivity contribution in [2.24, 2.45) is 5.92 Å². The number of pyridine rings is 1. The molecule has 0 aromatic carbocycles. The van der Waals surface area contributed by atoms with Gasteiger partial charge in [0.15, 0.2) is 0 Å². The molecule has 0 saturated heterocycles. The summed E-state index contributed by atoms with van der Waals surface area (Å²) < 4.78 is 5.42. The Morgan fingerprint density at radius 1 is 1.23 bits per heavy atom. The molecule has 22 heavy (non-hydrogen) atoms. The summed E-state index contributed by atoms with van der Waals surface area (Å²) in [6.07, 6.45) is 6.02. The number of rotatable bonds is 4. The number of ether oxygens (including phenoxy) is 1. The molecule has 1 fully saturated rings. The van der Waals surface area contributed by atoms with Gasteiger partial charge >= 0.3 is 5.97 Å². The van der Waals surface area contributed by atoms with Crippen molar-refractivity contribution in [1.29, 1.82) is 0 Å². The Hall–Kier alpha value is -1.91. The van der Waals surface area contributed by atoms with E-state index < -0.39 is 0 Å². The number of carbonyl (C=O) groups is 2. The van der Waals surface area contributed by atoms with Crippen LogP contribution in [0.2, 0.25) is 0 Å². The number of hydrogen-bond acceptors (Lipinski definition) is 4. The third kappa shape index (κ3) is 4.06. The highest BCUT2D eigenvalue weighted by Crippen LogP contribution is 2.24. The molecule has 0 atom stereocenters. The molecule has 1 saturated carbocycles. The number of nitrogens with zero attached hydrogens (tertiary/aromatic N) is 2. The van der Waals surface area contributed by atoms with E-state index in [-0.39, 0.29) is 11.9 Å². The zero-order valence-electron chi connectivity index (χ0n) is 13.6. The molecular formula is C17H24N2O3. The Bertz CT molecular complexity index is 549. The van der Waals surface area contributed by atoms with E-state index in [1.54, 1.807) is 33.2 Å². The van der Waals surface area contributed by atoms with Gasteiger partial charge in [0.25, 0.3) is 5.91 Å². The number of carbonyl (C=O) groups excluding carboxylic acids is 2. The van der Waals surface area contributed by atoms with E-state index in [4.69, 9.17) is 4.74 Å². The minimum Gasteiger partial charge on any atom is -0.462 e. The van der Waals surface area contributed by atoms with Gasteiger partial charge in [0.1, 0.15) is 5.69 Å². The van der Waals surface area contributed by atoms with Crippen LogP contribution in [0.4, 0.5) is 0 Å². The molecular weight excluding hydrogens is 280 g/mol. The Morgan fingerprint density at radius 3 is 2.50 bits per heavy atom. The van der Waals surface area contributed by atoms with Crippen LogP contribution in [0.5, 0.6) is 0 Å². The fourth-order valence-corrected chi connectivity index (χ4v) is 2.75. The van der Waals surface area contributed by atoms with Crippen LogP contribution in [0.1, 0.15) is 58.6 Å². The van der Waals surface area contributed by atoms with Crippen LogP contribution in [0, 0.1) is 12.8 Å². The average molecular weight is 304 g/mol. The van der Waals surface area contributed by atoms with Gasteiger partial charge in [-0.15, -0.1) is 0 Å². The fraction of sp³-hybridized carbons (Fsp3) is 0.588. The van der Waals surface area contributed by atoms with Crippen LogP contribution >= 0.6 is 0 Å². The molecule has 1 amide bonds. The molecule has 120 valence electrons. The summed E-state index contributed by atoms with van der Waals surface area (Å²) in [5, 5.41) is 0. The van der Waals surface area contributed by atoms with Gasteiger partial charge in [0.05, 0.1) is 17.9 Å². The largest absolute Gasteiger partial charge is 0.462 e. The maximum Gasteiger partial charge on any atom is 0.339 e. The first kappa shape index (κ1) is 16.5. The normalized spacial score (nSPS) is 15.4. The van der Waals surface area contributed by atoms with E-state index in [9.17, 15) is 9.59 Å². The first-order valence-corrected chi connectivity index (χ1v) is 7.85.